The fraction of sp³-hybridized carbons (Fsp3) is 1.00. The smallest absolute Gasteiger partial charge is 0.137 e. The molecule has 9 heavy (non-hydrogen) atoms. The largest absolute Gasteiger partial charge is 0.284 e. The molecule has 54 valence electrons. The average molecular weight is 144 g/mol. The van der Waals surface area contributed by atoms with E-state index < -0.39 is 9.88 Å². The molecule has 0 aliphatic heterocycles. The molecular weight excluding hydrogens is 127 g/mol. The minimum Gasteiger partial charge on any atom is -0.284 e. The maximum Gasteiger partial charge on any atom is 0.137 e. The molecule has 2 atom stereocenters. The molecule has 0 aromatic heterocycles. The van der Waals surface area contributed by atoms with Gasteiger partial charge >= 0.3 is 0 Å². The van der Waals surface area contributed by atoms with E-state index in [-0.39, 0.29) is 0 Å². The van der Waals surface area contributed by atoms with E-state index in [9.17, 15) is 0 Å². The van der Waals surface area contributed by atoms with Gasteiger partial charge in [0.05, 0.1) is 0 Å². The maximum atomic E-state index is 6.05. The van der Waals surface area contributed by atoms with Crippen molar-refractivity contribution in [2.24, 2.45) is 0 Å². The Morgan fingerprint density at radius 2 is 1.89 bits per heavy atom. The molecule has 0 aliphatic rings. The Hall–Kier alpha value is 0.415. The third kappa shape index (κ3) is 2.66. The lowest BCUT2D eigenvalue weighted by atomic mass is 10.4. The van der Waals surface area contributed by atoms with Crippen molar-refractivity contribution in [2.45, 2.75) is 32.4 Å². The molecule has 0 nitrogen and oxygen atoms in total. The molecule has 0 amide bonds. The SMILES string of the molecule is [B]S(C)(CC)C(C)CC. The van der Waals surface area contributed by atoms with Gasteiger partial charge in [-0.05, 0) is 23.7 Å². The van der Waals surface area contributed by atoms with Crippen LogP contribution in [0.25, 0.3) is 0 Å². The number of rotatable bonds is 3. The van der Waals surface area contributed by atoms with Gasteiger partial charge < -0.3 is 0 Å². The molecule has 0 fully saturated rings. The summed E-state index contributed by atoms with van der Waals surface area (Å²) in [4.78, 5) is 0. The van der Waals surface area contributed by atoms with Crippen LogP contribution < -0.4 is 0 Å². The van der Waals surface area contributed by atoms with E-state index in [0.29, 0.717) is 0 Å². The lowest BCUT2D eigenvalue weighted by Crippen LogP contribution is -2.14. The first-order valence-corrected chi connectivity index (χ1v) is 5.90. The monoisotopic (exact) mass is 144 g/mol. The second kappa shape index (κ2) is 3.55. The standard InChI is InChI=1S/C7H17BS/c1-5-7(3)9(4,8)6-2/h7H,5-6H2,1-4H3. The summed E-state index contributed by atoms with van der Waals surface area (Å²) in [5.74, 6) is 1.15. The summed E-state index contributed by atoms with van der Waals surface area (Å²) in [5.41, 5.74) is 0. The molecule has 0 bridgehead atoms. The van der Waals surface area contributed by atoms with Gasteiger partial charge in [-0.3, -0.25) is 9.88 Å². The van der Waals surface area contributed by atoms with E-state index in [1.54, 1.807) is 0 Å². The van der Waals surface area contributed by atoms with E-state index in [1.807, 2.05) is 0 Å². The van der Waals surface area contributed by atoms with Gasteiger partial charge in [-0.15, -0.1) is 0 Å². The number of hydrogen-bond acceptors (Lipinski definition) is 0. The summed E-state index contributed by atoms with van der Waals surface area (Å²) in [6, 6.07) is 0. The maximum absolute atomic E-state index is 6.05. The first-order valence-electron chi connectivity index (χ1n) is 3.57. The van der Waals surface area contributed by atoms with Crippen molar-refractivity contribution in [1.82, 2.24) is 0 Å². The highest BCUT2D eigenvalue weighted by Crippen LogP contribution is 2.44. The van der Waals surface area contributed by atoms with Crippen LogP contribution in [0.1, 0.15) is 27.2 Å². The molecule has 0 heterocycles. The molecule has 2 radical (unpaired) electrons. The van der Waals surface area contributed by atoms with Crippen molar-refractivity contribution in [3.05, 3.63) is 0 Å². The topological polar surface area (TPSA) is 0 Å². The molecule has 0 saturated carbocycles. The van der Waals surface area contributed by atoms with Gasteiger partial charge in [0.2, 0.25) is 0 Å². The Bertz CT molecular complexity index is 81.0. The van der Waals surface area contributed by atoms with Crippen LogP contribution in [0.2, 0.25) is 0 Å². The van der Waals surface area contributed by atoms with Crippen molar-refractivity contribution in [2.75, 3.05) is 12.0 Å². The molecule has 0 spiro atoms. The van der Waals surface area contributed by atoms with Crippen molar-refractivity contribution >= 4 is 17.0 Å². The highest BCUT2D eigenvalue weighted by molar-refractivity contribution is 8.49. The van der Waals surface area contributed by atoms with Crippen molar-refractivity contribution in [1.29, 1.82) is 0 Å². The van der Waals surface area contributed by atoms with E-state index in [0.717, 1.165) is 11.0 Å². The summed E-state index contributed by atoms with van der Waals surface area (Å²) >= 11 is 0. The highest BCUT2D eigenvalue weighted by Gasteiger charge is 2.14. The normalized spacial score (nSPS) is 24.4. The summed E-state index contributed by atoms with van der Waals surface area (Å²) in [7, 11) is 5.31. The Labute approximate surface area is 62.0 Å². The second-order valence-corrected chi connectivity index (χ2v) is 6.58. The first kappa shape index (κ1) is 9.41. The minimum absolute atomic E-state index is 0.725. The van der Waals surface area contributed by atoms with Crippen molar-refractivity contribution < 1.29 is 0 Å². The predicted octanol–water partition coefficient (Wildman–Crippen LogP) is 2.32. The Morgan fingerprint density at radius 3 is 2.00 bits per heavy atom. The first-order chi connectivity index (χ1) is 4.04. The summed E-state index contributed by atoms with van der Waals surface area (Å²) < 4.78 is 0. The van der Waals surface area contributed by atoms with Crippen LogP contribution in [-0.2, 0) is 0 Å². The van der Waals surface area contributed by atoms with Crippen LogP contribution in [0.5, 0.6) is 0 Å². The lowest BCUT2D eigenvalue weighted by Gasteiger charge is -2.36. The molecule has 0 N–H and O–H groups in total. The van der Waals surface area contributed by atoms with E-state index in [1.165, 1.54) is 6.42 Å². The van der Waals surface area contributed by atoms with Gasteiger partial charge in [0.25, 0.3) is 0 Å². The van der Waals surface area contributed by atoms with Crippen molar-refractivity contribution in [3.8, 4) is 0 Å². The van der Waals surface area contributed by atoms with Crippen LogP contribution in [0.15, 0.2) is 0 Å². The number of hydrogen-bond donors (Lipinski definition) is 0. The van der Waals surface area contributed by atoms with Crippen LogP contribution in [0.4, 0.5) is 0 Å². The zero-order valence-corrected chi connectivity index (χ0v) is 7.79. The molecule has 2 heteroatoms. The minimum atomic E-state index is -0.748. The third-order valence-electron chi connectivity index (χ3n) is 2.12. The predicted molar refractivity (Wildman–Crippen MR) is 49.6 cm³/mol. The fourth-order valence-corrected chi connectivity index (χ4v) is 2.00. The van der Waals surface area contributed by atoms with Gasteiger partial charge in [0.1, 0.15) is 7.12 Å². The van der Waals surface area contributed by atoms with Gasteiger partial charge in [0, 0.05) is 0 Å². The Balaban J connectivity index is 3.80. The zero-order chi connectivity index (χ0) is 7.49. The van der Waals surface area contributed by atoms with E-state index in [4.69, 9.17) is 7.12 Å². The summed E-state index contributed by atoms with van der Waals surface area (Å²) in [6.45, 7) is 6.64. The van der Waals surface area contributed by atoms with Crippen molar-refractivity contribution in [3.63, 3.8) is 0 Å². The van der Waals surface area contributed by atoms with E-state index in [2.05, 4.69) is 27.0 Å². The Kier molecular flexibility index (Phi) is 3.71. The molecule has 0 aromatic rings. The molecular formula is C7H17BS. The quantitative estimate of drug-likeness (QED) is 0.533. The van der Waals surface area contributed by atoms with E-state index >= 15 is 0 Å². The fourth-order valence-electron chi connectivity index (χ4n) is 0.665. The average Bonchev–Trinajstić information content (AvgIpc) is 1.86. The molecule has 2 unspecified atom stereocenters. The molecule has 0 aromatic carbocycles. The Morgan fingerprint density at radius 1 is 1.44 bits per heavy atom. The van der Waals surface area contributed by atoms with Gasteiger partial charge in [-0.25, -0.2) is 0 Å². The second-order valence-electron chi connectivity index (χ2n) is 2.74. The molecule has 0 saturated heterocycles. The van der Waals surface area contributed by atoms with Crippen LogP contribution in [0.3, 0.4) is 0 Å². The third-order valence-corrected chi connectivity index (χ3v) is 5.53. The summed E-state index contributed by atoms with van der Waals surface area (Å²) in [5, 5.41) is 0.725. The highest BCUT2D eigenvalue weighted by atomic mass is 32.3. The zero-order valence-electron chi connectivity index (χ0n) is 6.98. The molecule has 0 rings (SSSR count). The van der Waals surface area contributed by atoms with Crippen LogP contribution >= 0.6 is 9.88 Å². The van der Waals surface area contributed by atoms with Gasteiger partial charge in [0.15, 0.2) is 0 Å². The van der Waals surface area contributed by atoms with Gasteiger partial charge in [-0.2, -0.15) is 0 Å². The van der Waals surface area contributed by atoms with Crippen LogP contribution in [0, 0.1) is 0 Å². The van der Waals surface area contributed by atoms with Crippen LogP contribution in [-0.4, -0.2) is 24.4 Å². The summed E-state index contributed by atoms with van der Waals surface area (Å²) in [6.07, 6.45) is 3.43. The lowest BCUT2D eigenvalue weighted by molar-refractivity contribution is 0.898. The van der Waals surface area contributed by atoms with Gasteiger partial charge in [-0.1, -0.05) is 20.8 Å². The molecule has 0 aliphatic carbocycles.